The van der Waals surface area contributed by atoms with Crippen LogP contribution in [-0.2, 0) is 4.79 Å². The van der Waals surface area contributed by atoms with Gasteiger partial charge in [0.15, 0.2) is 0 Å². The van der Waals surface area contributed by atoms with Crippen LogP contribution in [0.15, 0.2) is 0 Å². The van der Waals surface area contributed by atoms with Gasteiger partial charge in [0.2, 0.25) is 0 Å². The fourth-order valence-corrected chi connectivity index (χ4v) is 0.174. The van der Waals surface area contributed by atoms with Crippen LogP contribution in [0, 0.1) is 0 Å². The Labute approximate surface area is 71.7 Å². The molecule has 0 aliphatic carbocycles. The van der Waals surface area contributed by atoms with Gasteiger partial charge in [0, 0.05) is 6.54 Å². The first-order chi connectivity index (χ1) is 5.71. The number of nitrogens with two attached hydrogens (primary N) is 1. The summed E-state index contributed by atoms with van der Waals surface area (Å²) in [5, 5.41) is 9.47. The third-order valence-electron chi connectivity index (χ3n) is 0.594. The monoisotopic (exact) mass is 202 g/mol. The Morgan fingerprint density at radius 1 is 1.46 bits per heavy atom. The average molecular weight is 202 g/mol. The highest BCUT2D eigenvalue weighted by Crippen LogP contribution is 2.13. The first-order valence-electron chi connectivity index (χ1n) is 3.05. The molecule has 5 nitrogen and oxygen atoms in total. The number of carbonyl (C=O) groups excluding carboxylic acids is 1. The van der Waals surface area contributed by atoms with Gasteiger partial charge in [-0.25, -0.2) is 9.59 Å². The molecule has 0 saturated heterocycles. The molecule has 0 fully saturated rings. The lowest BCUT2D eigenvalue weighted by molar-refractivity contribution is -0.192. The van der Waals surface area contributed by atoms with E-state index in [4.69, 9.17) is 9.90 Å². The maximum Gasteiger partial charge on any atom is 0.490 e. The number of hydrogen-bond acceptors (Lipinski definition) is 2. The van der Waals surface area contributed by atoms with Crippen LogP contribution in [0.4, 0.5) is 18.0 Å². The van der Waals surface area contributed by atoms with E-state index in [1.54, 1.807) is 0 Å². The normalized spacial score (nSPS) is 9.54. The van der Waals surface area contributed by atoms with Gasteiger partial charge in [-0.15, -0.1) is 0 Å². The van der Waals surface area contributed by atoms with Crippen molar-refractivity contribution in [3.63, 3.8) is 0 Å². The zero-order chi connectivity index (χ0) is 11.1. The maximum absolute atomic E-state index is 10.6. The number of rotatable bonds is 1. The first-order valence-corrected chi connectivity index (χ1v) is 3.05. The van der Waals surface area contributed by atoms with Gasteiger partial charge in [0.1, 0.15) is 0 Å². The lowest BCUT2D eigenvalue weighted by Crippen LogP contribution is -2.28. The summed E-state index contributed by atoms with van der Waals surface area (Å²) >= 11 is 0. The fraction of sp³-hybridized carbons (Fsp3) is 0.600. The Balaban J connectivity index is 0. The Kier molecular flexibility index (Phi) is 6.60. The predicted molar refractivity (Wildman–Crippen MR) is 37.0 cm³/mol. The summed E-state index contributed by atoms with van der Waals surface area (Å²) < 4.78 is 31.7. The summed E-state index contributed by atoms with van der Waals surface area (Å²) in [5.74, 6) is -2.76. The summed E-state index contributed by atoms with van der Waals surface area (Å²) in [6.45, 7) is 2.42. The van der Waals surface area contributed by atoms with Gasteiger partial charge in [-0.1, -0.05) is 0 Å². The Hall–Kier alpha value is -1.47. The number of aliphatic carboxylic acids is 1. The molecule has 8 heteroatoms. The number of urea groups is 1. The molecule has 0 bridgehead atoms. The molecule has 0 rings (SSSR count). The molecule has 2 amide bonds. The largest absolute Gasteiger partial charge is 0.490 e. The standard InChI is InChI=1S/C3H8N2O.C2HF3O2/c1-2-5-3(4)6;3-2(4,5)1(6)7/h2H2,1H3,(H3,4,5,6);(H,6,7). The van der Waals surface area contributed by atoms with Gasteiger partial charge >= 0.3 is 18.2 Å². The molecular formula is C5H9F3N2O3. The molecule has 0 aromatic heterocycles. The highest BCUT2D eigenvalue weighted by atomic mass is 19.4. The molecule has 0 aromatic carbocycles. The van der Waals surface area contributed by atoms with Crippen molar-refractivity contribution in [2.24, 2.45) is 5.73 Å². The van der Waals surface area contributed by atoms with Crippen molar-refractivity contribution in [1.29, 1.82) is 0 Å². The predicted octanol–water partition coefficient (Wildman–Crippen LogP) is 0.308. The Morgan fingerprint density at radius 3 is 1.77 bits per heavy atom. The molecule has 4 N–H and O–H groups in total. The third-order valence-corrected chi connectivity index (χ3v) is 0.594. The number of alkyl halides is 3. The van der Waals surface area contributed by atoms with Crippen LogP contribution in [0.1, 0.15) is 6.92 Å². The zero-order valence-electron chi connectivity index (χ0n) is 6.68. The summed E-state index contributed by atoms with van der Waals surface area (Å²) in [4.78, 5) is 18.6. The van der Waals surface area contributed by atoms with Crippen LogP contribution in [0.5, 0.6) is 0 Å². The SMILES string of the molecule is CCNC(N)=O.O=C(O)C(F)(F)F. The molecule has 0 aliphatic rings. The number of amides is 2. The molecule has 78 valence electrons. The van der Waals surface area contributed by atoms with Crippen molar-refractivity contribution < 1.29 is 27.9 Å². The van der Waals surface area contributed by atoms with Gasteiger partial charge in [0.05, 0.1) is 0 Å². The number of carbonyl (C=O) groups is 2. The highest BCUT2D eigenvalue weighted by molar-refractivity contribution is 5.73. The van der Waals surface area contributed by atoms with Crippen LogP contribution < -0.4 is 11.1 Å². The topological polar surface area (TPSA) is 92.4 Å². The summed E-state index contributed by atoms with van der Waals surface area (Å²) in [5.41, 5.74) is 4.65. The second kappa shape index (κ2) is 6.09. The molecule has 13 heavy (non-hydrogen) atoms. The maximum atomic E-state index is 10.6. The Morgan fingerprint density at radius 2 is 1.77 bits per heavy atom. The van der Waals surface area contributed by atoms with E-state index < -0.39 is 18.2 Å². The van der Waals surface area contributed by atoms with Crippen LogP contribution in [-0.4, -0.2) is 29.8 Å². The molecule has 0 aromatic rings. The molecule has 0 unspecified atom stereocenters. The van der Waals surface area contributed by atoms with Crippen molar-refractivity contribution in [3.8, 4) is 0 Å². The molecule has 0 radical (unpaired) electrons. The number of hydrogen-bond donors (Lipinski definition) is 3. The van der Waals surface area contributed by atoms with Gasteiger partial charge < -0.3 is 16.2 Å². The van der Waals surface area contributed by atoms with Gasteiger partial charge in [0.25, 0.3) is 0 Å². The quantitative estimate of drug-likeness (QED) is 0.571. The lowest BCUT2D eigenvalue weighted by atomic mass is 10.7. The summed E-state index contributed by atoms with van der Waals surface area (Å²) in [7, 11) is 0. The average Bonchev–Trinajstić information content (AvgIpc) is 1.85. The van der Waals surface area contributed by atoms with Crippen LogP contribution in [0.2, 0.25) is 0 Å². The first kappa shape index (κ1) is 14.1. The van der Waals surface area contributed by atoms with Crippen molar-refractivity contribution in [2.75, 3.05) is 6.54 Å². The smallest absolute Gasteiger partial charge is 0.475 e. The van der Waals surface area contributed by atoms with Gasteiger partial charge in [-0.2, -0.15) is 13.2 Å². The van der Waals surface area contributed by atoms with E-state index in [1.807, 2.05) is 6.92 Å². The van der Waals surface area contributed by atoms with E-state index >= 15 is 0 Å². The highest BCUT2D eigenvalue weighted by Gasteiger charge is 2.38. The van der Waals surface area contributed by atoms with Crippen molar-refractivity contribution in [3.05, 3.63) is 0 Å². The molecule has 0 atom stereocenters. The van der Waals surface area contributed by atoms with E-state index in [1.165, 1.54) is 0 Å². The zero-order valence-corrected chi connectivity index (χ0v) is 6.68. The minimum absolute atomic E-state index is 0.461. The van der Waals surface area contributed by atoms with Crippen molar-refractivity contribution >= 4 is 12.0 Å². The van der Waals surface area contributed by atoms with E-state index in [-0.39, 0.29) is 0 Å². The van der Waals surface area contributed by atoms with Crippen molar-refractivity contribution in [1.82, 2.24) is 5.32 Å². The van der Waals surface area contributed by atoms with Crippen LogP contribution in [0.3, 0.4) is 0 Å². The minimum atomic E-state index is -5.08. The third kappa shape index (κ3) is 13.5. The molecular weight excluding hydrogens is 193 g/mol. The summed E-state index contributed by atoms with van der Waals surface area (Å²) in [6.07, 6.45) is -5.08. The number of nitrogens with one attached hydrogen (secondary N) is 1. The Bertz CT molecular complexity index is 180. The fourth-order valence-electron chi connectivity index (χ4n) is 0.174. The van der Waals surface area contributed by atoms with E-state index in [2.05, 4.69) is 11.1 Å². The summed E-state index contributed by atoms with van der Waals surface area (Å²) in [6, 6.07) is -0.461. The van der Waals surface area contributed by atoms with Crippen LogP contribution in [0.25, 0.3) is 0 Å². The van der Waals surface area contributed by atoms with Crippen molar-refractivity contribution in [2.45, 2.75) is 13.1 Å². The van der Waals surface area contributed by atoms with E-state index in [9.17, 15) is 18.0 Å². The minimum Gasteiger partial charge on any atom is -0.475 e. The molecule has 0 saturated carbocycles. The number of carboxylic acid groups (broad SMARTS) is 1. The molecule has 0 aliphatic heterocycles. The van der Waals surface area contributed by atoms with E-state index in [0.717, 1.165) is 0 Å². The number of primary amides is 1. The van der Waals surface area contributed by atoms with E-state index in [0.29, 0.717) is 6.54 Å². The molecule has 0 spiro atoms. The number of carboxylic acids is 1. The number of halogens is 3. The molecule has 0 heterocycles. The lowest BCUT2D eigenvalue weighted by Gasteiger charge is -1.93. The van der Waals surface area contributed by atoms with Gasteiger partial charge in [-0.05, 0) is 6.92 Å². The van der Waals surface area contributed by atoms with Gasteiger partial charge in [-0.3, -0.25) is 0 Å². The second-order valence-corrected chi connectivity index (χ2v) is 1.70. The van der Waals surface area contributed by atoms with Crippen LogP contribution >= 0.6 is 0 Å². The second-order valence-electron chi connectivity index (χ2n) is 1.70.